The zero-order valence-electron chi connectivity index (χ0n) is 7.36. The van der Waals surface area contributed by atoms with Crippen molar-refractivity contribution in [2.75, 3.05) is 0 Å². The van der Waals surface area contributed by atoms with Crippen molar-refractivity contribution < 1.29 is 31.1 Å². The summed E-state index contributed by atoms with van der Waals surface area (Å²) in [6.07, 6.45) is -9.96. The lowest BCUT2D eigenvalue weighted by Crippen LogP contribution is -2.15. The van der Waals surface area contributed by atoms with Crippen LogP contribution in [-0.2, 0) is 12.4 Å². The fraction of sp³-hybridized carbons (Fsp3) is 0.250. The van der Waals surface area contributed by atoms with Crippen molar-refractivity contribution in [3.63, 3.8) is 0 Å². The summed E-state index contributed by atoms with van der Waals surface area (Å²) in [5, 5.41) is 0. The Hall–Kier alpha value is -1.60. The minimum absolute atomic E-state index is 0.191. The summed E-state index contributed by atoms with van der Waals surface area (Å²) in [5.74, 6) is 0. The summed E-state index contributed by atoms with van der Waals surface area (Å²) in [4.78, 5) is 13.0. The number of aromatic nitrogens is 1. The molecule has 0 aliphatic carbocycles. The summed E-state index contributed by atoms with van der Waals surface area (Å²) < 4.78 is 73.0. The minimum atomic E-state index is -5.03. The van der Waals surface area contributed by atoms with Gasteiger partial charge < -0.3 is 0 Å². The van der Waals surface area contributed by atoms with Gasteiger partial charge >= 0.3 is 12.4 Å². The van der Waals surface area contributed by atoms with Gasteiger partial charge in [0.25, 0.3) is 0 Å². The van der Waals surface area contributed by atoms with E-state index in [0.29, 0.717) is 0 Å². The first kappa shape index (κ1) is 12.5. The second-order valence-electron chi connectivity index (χ2n) is 2.77. The standard InChI is InChI=1S/C8H3F6NO/c9-7(10,11)5-1-6(8(12,13)14)15-2-4(5)3-16/h1-3H. The van der Waals surface area contributed by atoms with E-state index in [0.717, 1.165) is 0 Å². The number of nitrogens with zero attached hydrogens (tertiary/aromatic N) is 1. The van der Waals surface area contributed by atoms with Crippen molar-refractivity contribution in [2.45, 2.75) is 12.4 Å². The third-order valence-corrected chi connectivity index (χ3v) is 1.66. The van der Waals surface area contributed by atoms with E-state index in [9.17, 15) is 31.1 Å². The van der Waals surface area contributed by atoms with Crippen molar-refractivity contribution in [1.82, 2.24) is 4.98 Å². The Labute approximate surface area is 84.9 Å². The van der Waals surface area contributed by atoms with E-state index >= 15 is 0 Å². The first-order valence-electron chi connectivity index (χ1n) is 3.76. The Morgan fingerprint density at radius 3 is 2.00 bits per heavy atom. The van der Waals surface area contributed by atoms with Crippen LogP contribution in [-0.4, -0.2) is 11.3 Å². The van der Waals surface area contributed by atoms with Crippen LogP contribution in [0.2, 0.25) is 0 Å². The highest BCUT2D eigenvalue weighted by Gasteiger charge is 2.39. The molecule has 0 aromatic carbocycles. The summed E-state index contributed by atoms with van der Waals surface area (Å²) in [5.41, 5.74) is -4.27. The normalized spacial score (nSPS) is 12.6. The predicted molar refractivity (Wildman–Crippen MR) is 39.6 cm³/mol. The molecule has 16 heavy (non-hydrogen) atoms. The predicted octanol–water partition coefficient (Wildman–Crippen LogP) is 2.93. The lowest BCUT2D eigenvalue weighted by Gasteiger charge is -2.12. The Morgan fingerprint density at radius 1 is 1.06 bits per heavy atom. The van der Waals surface area contributed by atoms with Crippen LogP contribution < -0.4 is 0 Å². The highest BCUT2D eigenvalue weighted by atomic mass is 19.4. The zero-order valence-corrected chi connectivity index (χ0v) is 7.36. The molecule has 0 aliphatic rings. The van der Waals surface area contributed by atoms with E-state index in [1.165, 1.54) is 0 Å². The van der Waals surface area contributed by atoms with Gasteiger partial charge in [0.2, 0.25) is 0 Å². The van der Waals surface area contributed by atoms with E-state index < -0.39 is 29.2 Å². The van der Waals surface area contributed by atoms with Crippen LogP contribution in [0.3, 0.4) is 0 Å². The van der Waals surface area contributed by atoms with Crippen molar-refractivity contribution in [2.24, 2.45) is 0 Å². The van der Waals surface area contributed by atoms with E-state index in [1.807, 2.05) is 0 Å². The second-order valence-corrected chi connectivity index (χ2v) is 2.77. The van der Waals surface area contributed by atoms with Crippen LogP contribution >= 0.6 is 0 Å². The van der Waals surface area contributed by atoms with Crippen molar-refractivity contribution >= 4 is 6.29 Å². The Bertz CT molecular complexity index is 408. The monoisotopic (exact) mass is 243 g/mol. The fourth-order valence-electron chi connectivity index (χ4n) is 0.960. The molecule has 0 fully saturated rings. The van der Waals surface area contributed by atoms with Gasteiger partial charge in [-0.2, -0.15) is 26.3 Å². The molecule has 0 saturated heterocycles. The molecule has 0 saturated carbocycles. The Balaban J connectivity index is 3.39. The number of aldehydes is 1. The van der Waals surface area contributed by atoms with Crippen molar-refractivity contribution in [1.29, 1.82) is 0 Å². The molecule has 1 heterocycles. The SMILES string of the molecule is O=Cc1cnc(C(F)(F)F)cc1C(F)(F)F. The Morgan fingerprint density at radius 2 is 1.62 bits per heavy atom. The van der Waals surface area contributed by atoms with Crippen LogP contribution in [0.1, 0.15) is 21.6 Å². The third-order valence-electron chi connectivity index (χ3n) is 1.66. The van der Waals surface area contributed by atoms with Gasteiger partial charge in [0.05, 0.1) is 5.56 Å². The molecule has 0 radical (unpaired) electrons. The molecule has 8 heteroatoms. The van der Waals surface area contributed by atoms with Gasteiger partial charge in [0.15, 0.2) is 6.29 Å². The topological polar surface area (TPSA) is 30.0 Å². The van der Waals surface area contributed by atoms with E-state index in [-0.39, 0.29) is 18.5 Å². The number of hydrogen-bond acceptors (Lipinski definition) is 2. The van der Waals surface area contributed by atoms with Gasteiger partial charge in [0.1, 0.15) is 5.69 Å². The first-order chi connectivity index (χ1) is 7.16. The number of pyridine rings is 1. The van der Waals surface area contributed by atoms with E-state index in [2.05, 4.69) is 4.98 Å². The molecule has 0 unspecified atom stereocenters. The molecule has 0 spiro atoms. The number of halogens is 6. The van der Waals surface area contributed by atoms with Crippen LogP contribution in [0.25, 0.3) is 0 Å². The Kier molecular flexibility index (Phi) is 2.93. The number of alkyl halides is 6. The summed E-state index contributed by atoms with van der Waals surface area (Å²) in [6, 6.07) is -0.191. The molecule has 1 aromatic heterocycles. The number of hydrogen-bond donors (Lipinski definition) is 0. The molecule has 1 rings (SSSR count). The number of rotatable bonds is 1. The molecule has 0 amide bonds. The fourth-order valence-corrected chi connectivity index (χ4v) is 0.960. The maximum Gasteiger partial charge on any atom is 0.433 e. The molecule has 0 aliphatic heterocycles. The molecule has 0 N–H and O–H groups in total. The van der Waals surface area contributed by atoms with Crippen molar-refractivity contribution in [3.05, 3.63) is 29.1 Å². The summed E-state index contributed by atoms with van der Waals surface area (Å²) >= 11 is 0. The van der Waals surface area contributed by atoms with Gasteiger partial charge in [-0.05, 0) is 6.07 Å². The van der Waals surface area contributed by atoms with Crippen molar-refractivity contribution in [3.8, 4) is 0 Å². The maximum absolute atomic E-state index is 12.2. The van der Waals surface area contributed by atoms with Gasteiger partial charge in [0, 0.05) is 11.8 Å². The largest absolute Gasteiger partial charge is 0.433 e. The molecule has 2 nitrogen and oxygen atoms in total. The van der Waals surface area contributed by atoms with Gasteiger partial charge in [-0.25, -0.2) is 0 Å². The average molecular weight is 243 g/mol. The number of carbonyl (C=O) groups excluding carboxylic acids is 1. The first-order valence-corrected chi connectivity index (χ1v) is 3.76. The third kappa shape index (κ3) is 2.50. The average Bonchev–Trinajstić information content (AvgIpc) is 2.14. The van der Waals surface area contributed by atoms with Crippen LogP contribution in [0.4, 0.5) is 26.3 Å². The lowest BCUT2D eigenvalue weighted by atomic mass is 10.1. The van der Waals surface area contributed by atoms with Gasteiger partial charge in [-0.15, -0.1) is 0 Å². The summed E-state index contributed by atoms with van der Waals surface area (Å²) in [6.45, 7) is 0. The quantitative estimate of drug-likeness (QED) is 0.560. The molecule has 0 atom stereocenters. The van der Waals surface area contributed by atoms with E-state index in [4.69, 9.17) is 0 Å². The highest BCUT2D eigenvalue weighted by Crippen LogP contribution is 2.35. The number of carbonyl (C=O) groups is 1. The van der Waals surface area contributed by atoms with Crippen LogP contribution in [0, 0.1) is 0 Å². The highest BCUT2D eigenvalue weighted by molar-refractivity contribution is 5.77. The molecular weight excluding hydrogens is 240 g/mol. The van der Waals surface area contributed by atoms with Gasteiger partial charge in [-0.3, -0.25) is 9.78 Å². The van der Waals surface area contributed by atoms with E-state index in [1.54, 1.807) is 0 Å². The smallest absolute Gasteiger partial charge is 0.298 e. The molecule has 1 aromatic rings. The van der Waals surface area contributed by atoms with Crippen LogP contribution in [0.15, 0.2) is 12.3 Å². The zero-order chi connectivity index (χ0) is 12.6. The minimum Gasteiger partial charge on any atom is -0.298 e. The summed E-state index contributed by atoms with van der Waals surface area (Å²) in [7, 11) is 0. The lowest BCUT2D eigenvalue weighted by molar-refractivity contribution is -0.145. The molecular formula is C8H3F6NO. The molecule has 88 valence electrons. The maximum atomic E-state index is 12.2. The van der Waals surface area contributed by atoms with Gasteiger partial charge in [-0.1, -0.05) is 0 Å². The second kappa shape index (κ2) is 3.76. The molecule has 0 bridgehead atoms. The van der Waals surface area contributed by atoms with Crippen LogP contribution in [0.5, 0.6) is 0 Å².